The van der Waals surface area contributed by atoms with Gasteiger partial charge in [0.05, 0.1) is 16.3 Å². The van der Waals surface area contributed by atoms with Crippen LogP contribution in [-0.4, -0.2) is 39.8 Å². The number of nitrogens with one attached hydrogen (secondary N) is 1. The summed E-state index contributed by atoms with van der Waals surface area (Å²) in [7, 11) is -1.57. The van der Waals surface area contributed by atoms with Crippen molar-refractivity contribution in [3.8, 4) is 0 Å². The van der Waals surface area contributed by atoms with E-state index >= 15 is 0 Å². The van der Waals surface area contributed by atoms with Crippen molar-refractivity contribution in [1.82, 2.24) is 14.5 Å². The zero-order valence-electron chi connectivity index (χ0n) is 16.4. The summed E-state index contributed by atoms with van der Waals surface area (Å²) in [6.45, 7) is 0.0142. The summed E-state index contributed by atoms with van der Waals surface area (Å²) >= 11 is 0.670. The van der Waals surface area contributed by atoms with E-state index < -0.39 is 20.9 Å². The quantitative estimate of drug-likeness (QED) is 0.405. The summed E-state index contributed by atoms with van der Waals surface area (Å²) in [6.07, 6.45) is 5.65. The molecule has 2 heterocycles. The number of nitrogens with zero attached hydrogens (tertiary/aromatic N) is 4. The monoisotopic (exact) mass is 463 g/mol. The Kier molecular flexibility index (Phi) is 5.83. The number of imidazole rings is 1. The maximum atomic E-state index is 13.2. The number of hydrogen-bond donors (Lipinski definition) is 1. The highest BCUT2D eigenvalue weighted by Gasteiger charge is 2.36. The van der Waals surface area contributed by atoms with E-state index in [1.807, 2.05) is 0 Å². The van der Waals surface area contributed by atoms with Crippen LogP contribution in [0.1, 0.15) is 24.2 Å². The highest BCUT2D eigenvalue weighted by Crippen LogP contribution is 2.33. The molecule has 0 atom stereocenters. The van der Waals surface area contributed by atoms with Crippen LogP contribution in [0.4, 0.5) is 9.52 Å². The summed E-state index contributed by atoms with van der Waals surface area (Å²) in [5, 5.41) is 5.58. The van der Waals surface area contributed by atoms with Crippen molar-refractivity contribution in [2.45, 2.75) is 29.6 Å². The van der Waals surface area contributed by atoms with Gasteiger partial charge >= 0.3 is 0 Å². The second kappa shape index (κ2) is 8.55. The average Bonchev–Trinajstić information content (AvgIpc) is 3.43. The lowest BCUT2D eigenvalue weighted by molar-refractivity contribution is -0.110. The third kappa shape index (κ3) is 4.80. The Balaban J connectivity index is 1.58. The van der Waals surface area contributed by atoms with Crippen molar-refractivity contribution in [2.75, 3.05) is 5.32 Å². The number of sulfone groups is 1. The lowest BCUT2D eigenvalue weighted by Gasteiger charge is -2.08. The minimum absolute atomic E-state index is 0.0142. The molecule has 12 heteroatoms. The molecule has 0 bridgehead atoms. The van der Waals surface area contributed by atoms with Gasteiger partial charge in [-0.05, 0) is 25.0 Å². The summed E-state index contributed by atoms with van der Waals surface area (Å²) in [5.41, 5.74) is 0.226. The molecule has 1 fully saturated rings. The van der Waals surface area contributed by atoms with E-state index in [2.05, 4.69) is 20.4 Å². The normalized spacial score (nSPS) is 14.5. The summed E-state index contributed by atoms with van der Waals surface area (Å²) in [6, 6.07) is 5.85. The largest absolute Gasteiger partial charge is 0.387 e. The molecular formula is C19H18FN5O4S2. The third-order valence-corrected chi connectivity index (χ3v) is 7.58. The smallest absolute Gasteiger partial charge is 0.280 e. The van der Waals surface area contributed by atoms with Crippen molar-refractivity contribution >= 4 is 37.9 Å². The minimum Gasteiger partial charge on any atom is -0.387 e. The lowest BCUT2D eigenvalue weighted by atomic mass is 10.1. The molecule has 0 unspecified atom stereocenters. The van der Waals surface area contributed by atoms with Gasteiger partial charge in [0.25, 0.3) is 5.91 Å². The van der Waals surface area contributed by atoms with Gasteiger partial charge in [0.15, 0.2) is 32.4 Å². The SMILES string of the molecule is Cn1ccnc1CON=C(C(=O)Nc1ncc(F)s1)c1ccc(S(=O)(=O)C2CC2)cc1. The Labute approximate surface area is 181 Å². The number of thiazole rings is 1. The average molecular weight is 464 g/mol. The molecule has 1 amide bonds. The van der Waals surface area contributed by atoms with Gasteiger partial charge in [-0.15, -0.1) is 0 Å². The molecule has 9 nitrogen and oxygen atoms in total. The van der Waals surface area contributed by atoms with Crippen LogP contribution in [-0.2, 0) is 33.1 Å². The van der Waals surface area contributed by atoms with Crippen molar-refractivity contribution in [2.24, 2.45) is 12.2 Å². The van der Waals surface area contributed by atoms with Crippen LogP contribution in [0.15, 0.2) is 52.9 Å². The molecule has 1 aliphatic carbocycles. The molecule has 0 saturated heterocycles. The van der Waals surface area contributed by atoms with E-state index in [0.29, 0.717) is 35.6 Å². The first kappa shape index (κ1) is 21.1. The van der Waals surface area contributed by atoms with Gasteiger partial charge in [0.1, 0.15) is 5.82 Å². The minimum atomic E-state index is -3.36. The van der Waals surface area contributed by atoms with Crippen LogP contribution >= 0.6 is 11.3 Å². The van der Waals surface area contributed by atoms with Gasteiger partial charge in [-0.25, -0.2) is 18.4 Å². The van der Waals surface area contributed by atoms with Crippen molar-refractivity contribution in [3.63, 3.8) is 0 Å². The Morgan fingerprint density at radius 2 is 2.06 bits per heavy atom. The molecule has 0 radical (unpaired) electrons. The molecule has 1 saturated carbocycles. The van der Waals surface area contributed by atoms with Crippen LogP contribution in [0.5, 0.6) is 0 Å². The Hall–Kier alpha value is -3.12. The lowest BCUT2D eigenvalue weighted by Crippen LogP contribution is -2.24. The van der Waals surface area contributed by atoms with E-state index in [1.54, 1.807) is 24.0 Å². The van der Waals surface area contributed by atoms with Crippen LogP contribution in [0, 0.1) is 5.13 Å². The van der Waals surface area contributed by atoms with Gasteiger partial charge in [-0.3, -0.25) is 10.1 Å². The van der Waals surface area contributed by atoms with Crippen LogP contribution in [0.25, 0.3) is 0 Å². The summed E-state index contributed by atoms with van der Waals surface area (Å²) in [4.78, 5) is 26.1. The standard InChI is InChI=1S/C19H18FN5O4S2/c1-25-9-8-21-16(25)11-29-24-17(18(26)23-19-22-10-15(20)30-19)12-2-4-13(5-3-12)31(27,28)14-6-7-14/h2-5,8-10,14H,6-7,11H2,1H3,(H,22,23,26). The van der Waals surface area contributed by atoms with Gasteiger partial charge in [-0.2, -0.15) is 4.39 Å². The molecule has 1 aromatic carbocycles. The number of anilines is 1. The van der Waals surface area contributed by atoms with E-state index in [9.17, 15) is 17.6 Å². The first-order valence-corrected chi connectivity index (χ1v) is 11.6. The Bertz CT molecular complexity index is 1230. The number of hydrogen-bond acceptors (Lipinski definition) is 8. The molecule has 1 aliphatic rings. The molecule has 0 spiro atoms. The Morgan fingerprint density at radius 3 is 2.65 bits per heavy atom. The number of oxime groups is 1. The number of rotatable bonds is 8. The van der Waals surface area contributed by atoms with E-state index in [-0.39, 0.29) is 27.6 Å². The fourth-order valence-corrected chi connectivity index (χ4v) is 4.95. The maximum absolute atomic E-state index is 13.2. The summed E-state index contributed by atoms with van der Waals surface area (Å²) in [5.74, 6) is -0.0802. The maximum Gasteiger partial charge on any atom is 0.280 e. The molecule has 162 valence electrons. The highest BCUT2D eigenvalue weighted by atomic mass is 32.2. The number of carbonyl (C=O) groups is 1. The summed E-state index contributed by atoms with van der Waals surface area (Å²) < 4.78 is 39.8. The van der Waals surface area contributed by atoms with Gasteiger partial charge in [-0.1, -0.05) is 28.6 Å². The number of carbonyl (C=O) groups excluding carboxylic acids is 1. The predicted molar refractivity (Wildman–Crippen MR) is 112 cm³/mol. The van der Waals surface area contributed by atoms with Crippen LogP contribution < -0.4 is 5.32 Å². The number of aryl methyl sites for hydroxylation is 1. The second-order valence-corrected chi connectivity index (χ2v) is 10.1. The zero-order valence-corrected chi connectivity index (χ0v) is 18.0. The molecule has 3 aromatic rings. The van der Waals surface area contributed by atoms with E-state index in [1.165, 1.54) is 24.3 Å². The van der Waals surface area contributed by atoms with Gasteiger partial charge < -0.3 is 9.40 Å². The van der Waals surface area contributed by atoms with Crippen LogP contribution in [0.3, 0.4) is 0 Å². The highest BCUT2D eigenvalue weighted by molar-refractivity contribution is 7.92. The molecule has 1 N–H and O–H groups in total. The van der Waals surface area contributed by atoms with Crippen molar-refractivity contribution in [1.29, 1.82) is 0 Å². The van der Waals surface area contributed by atoms with Gasteiger partial charge in [0, 0.05) is 25.0 Å². The van der Waals surface area contributed by atoms with Crippen LogP contribution in [0.2, 0.25) is 0 Å². The third-order valence-electron chi connectivity index (χ3n) is 4.60. The fraction of sp³-hybridized carbons (Fsp3) is 0.263. The molecular weight excluding hydrogens is 445 g/mol. The van der Waals surface area contributed by atoms with Crippen molar-refractivity contribution < 1.29 is 22.4 Å². The molecule has 4 rings (SSSR count). The number of halogens is 1. The fourth-order valence-electron chi connectivity index (χ4n) is 2.76. The first-order chi connectivity index (χ1) is 14.8. The van der Waals surface area contributed by atoms with E-state index in [0.717, 1.165) is 6.20 Å². The number of amides is 1. The predicted octanol–water partition coefficient (Wildman–Crippen LogP) is 2.51. The molecule has 2 aromatic heterocycles. The number of aromatic nitrogens is 3. The number of benzene rings is 1. The van der Waals surface area contributed by atoms with E-state index in [4.69, 9.17) is 4.84 Å². The zero-order chi connectivity index (χ0) is 22.0. The first-order valence-electron chi connectivity index (χ1n) is 9.28. The van der Waals surface area contributed by atoms with Crippen molar-refractivity contribution in [3.05, 3.63) is 59.4 Å². The Morgan fingerprint density at radius 1 is 1.32 bits per heavy atom. The molecule has 31 heavy (non-hydrogen) atoms. The topological polar surface area (TPSA) is 116 Å². The second-order valence-electron chi connectivity index (χ2n) is 6.86. The molecule has 0 aliphatic heterocycles. The van der Waals surface area contributed by atoms with Gasteiger partial charge in [0.2, 0.25) is 0 Å².